The number of esters is 1. The van der Waals surface area contributed by atoms with Crippen LogP contribution in [0.15, 0.2) is 0 Å². The first-order valence-corrected chi connectivity index (χ1v) is 13.2. The second-order valence-electron chi connectivity index (χ2n) is 8.89. The molecule has 2 aromatic heterocycles. The van der Waals surface area contributed by atoms with Gasteiger partial charge in [-0.15, -0.1) is 11.3 Å². The molecule has 186 valence electrons. The number of rotatable bonds is 7. The number of amides is 1. The van der Waals surface area contributed by atoms with Crippen molar-refractivity contribution in [3.63, 3.8) is 0 Å². The van der Waals surface area contributed by atoms with E-state index in [2.05, 4.69) is 10.2 Å². The average Bonchev–Trinajstić information content (AvgIpc) is 3.17. The summed E-state index contributed by atoms with van der Waals surface area (Å²) < 4.78 is 10.4. The predicted octanol–water partition coefficient (Wildman–Crippen LogP) is 4.20. The van der Waals surface area contributed by atoms with Crippen LogP contribution < -0.4 is 5.32 Å². The number of aromatic nitrogens is 2. The molecule has 34 heavy (non-hydrogen) atoms. The topological polar surface area (TPSA) is 96.9 Å². The smallest absolute Gasteiger partial charge is 0.409 e. The molecule has 0 aliphatic carbocycles. The molecule has 2 aliphatic rings. The first-order chi connectivity index (χ1) is 16.5. The molecule has 0 spiro atoms. The Morgan fingerprint density at radius 2 is 1.74 bits per heavy atom. The van der Waals surface area contributed by atoms with E-state index in [1.54, 1.807) is 4.90 Å². The Morgan fingerprint density at radius 3 is 2.41 bits per heavy atom. The third-order valence-corrected chi connectivity index (χ3v) is 7.64. The lowest BCUT2D eigenvalue weighted by Gasteiger charge is -2.32. The summed E-state index contributed by atoms with van der Waals surface area (Å²) in [6.07, 6.45) is 5.05. The van der Waals surface area contributed by atoms with Crippen molar-refractivity contribution >= 4 is 39.4 Å². The number of anilines is 1. The fraction of sp³-hybridized carbons (Fsp3) is 0.667. The molecule has 2 aromatic rings. The van der Waals surface area contributed by atoms with E-state index in [1.807, 2.05) is 20.8 Å². The minimum absolute atomic E-state index is 0.178. The van der Waals surface area contributed by atoms with Crippen LogP contribution in [0.5, 0.6) is 0 Å². The summed E-state index contributed by atoms with van der Waals surface area (Å²) >= 11 is 1.38. The zero-order chi connectivity index (χ0) is 24.1. The Hall–Kier alpha value is -2.46. The van der Waals surface area contributed by atoms with E-state index in [1.165, 1.54) is 30.6 Å². The van der Waals surface area contributed by atoms with Gasteiger partial charge in [-0.2, -0.15) is 0 Å². The molecule has 10 heteroatoms. The second kappa shape index (κ2) is 11.3. The van der Waals surface area contributed by atoms with Crippen LogP contribution in [0.3, 0.4) is 0 Å². The lowest BCUT2D eigenvalue weighted by atomic mass is 10.0. The Labute approximate surface area is 204 Å². The maximum absolute atomic E-state index is 12.6. The van der Waals surface area contributed by atoms with Crippen LogP contribution in [-0.4, -0.2) is 77.3 Å². The Balaban J connectivity index is 1.59. The van der Waals surface area contributed by atoms with Crippen LogP contribution >= 0.6 is 11.3 Å². The molecule has 2 aliphatic heterocycles. The third-order valence-electron chi connectivity index (χ3n) is 6.47. The van der Waals surface area contributed by atoms with Gasteiger partial charge < -0.3 is 19.7 Å². The number of hydrogen-bond donors (Lipinski definition) is 1. The SMILES string of the molecule is CCOC(=O)c1sc2nc(CN3CCCCC3)nc(NC3CCN(C(=O)OCC)CC3)c2c1C. The highest BCUT2D eigenvalue weighted by Crippen LogP contribution is 2.35. The van der Waals surface area contributed by atoms with Gasteiger partial charge in [-0.1, -0.05) is 6.42 Å². The molecule has 9 nitrogen and oxygen atoms in total. The quantitative estimate of drug-likeness (QED) is 0.578. The first kappa shape index (κ1) is 24.7. The Bertz CT molecular complexity index is 1010. The molecule has 0 saturated carbocycles. The molecule has 2 fully saturated rings. The number of likely N-dealkylation sites (tertiary alicyclic amines) is 2. The fourth-order valence-electron chi connectivity index (χ4n) is 4.68. The number of nitrogens with one attached hydrogen (secondary N) is 1. The summed E-state index contributed by atoms with van der Waals surface area (Å²) in [5.74, 6) is 1.24. The molecule has 4 heterocycles. The lowest BCUT2D eigenvalue weighted by Crippen LogP contribution is -2.42. The summed E-state index contributed by atoms with van der Waals surface area (Å²) in [5.41, 5.74) is 0.856. The zero-order valence-corrected chi connectivity index (χ0v) is 21.2. The number of ether oxygens (including phenoxy) is 2. The maximum atomic E-state index is 12.6. The van der Waals surface area contributed by atoms with Gasteiger partial charge in [-0.05, 0) is 65.1 Å². The first-order valence-electron chi connectivity index (χ1n) is 12.4. The van der Waals surface area contributed by atoms with Crippen molar-refractivity contribution in [1.29, 1.82) is 0 Å². The van der Waals surface area contributed by atoms with Gasteiger partial charge in [0.25, 0.3) is 0 Å². The fourth-order valence-corrected chi connectivity index (χ4v) is 5.78. The van der Waals surface area contributed by atoms with Gasteiger partial charge in [-0.25, -0.2) is 19.6 Å². The minimum Gasteiger partial charge on any atom is -0.462 e. The van der Waals surface area contributed by atoms with Crippen LogP contribution in [-0.2, 0) is 16.0 Å². The molecule has 2 saturated heterocycles. The highest BCUT2D eigenvalue weighted by atomic mass is 32.1. The molecule has 1 N–H and O–H groups in total. The third kappa shape index (κ3) is 5.60. The lowest BCUT2D eigenvalue weighted by molar-refractivity contribution is 0.0531. The maximum Gasteiger partial charge on any atom is 0.409 e. The molecule has 0 unspecified atom stereocenters. The molecule has 0 bridgehead atoms. The van der Waals surface area contributed by atoms with Crippen molar-refractivity contribution < 1.29 is 19.1 Å². The van der Waals surface area contributed by atoms with Crippen LogP contribution in [0.25, 0.3) is 10.2 Å². The van der Waals surface area contributed by atoms with Gasteiger partial charge in [0.15, 0.2) is 0 Å². The molecular formula is C24H35N5O4S. The summed E-state index contributed by atoms with van der Waals surface area (Å²) in [7, 11) is 0. The molecule has 1 amide bonds. The molecule has 0 atom stereocenters. The average molecular weight is 490 g/mol. The number of fused-ring (bicyclic) bond motifs is 1. The van der Waals surface area contributed by atoms with Crippen molar-refractivity contribution in [1.82, 2.24) is 19.8 Å². The summed E-state index contributed by atoms with van der Waals surface area (Å²) in [6, 6.07) is 0.178. The zero-order valence-electron chi connectivity index (χ0n) is 20.4. The summed E-state index contributed by atoms with van der Waals surface area (Å²) in [4.78, 5) is 40.0. The van der Waals surface area contributed by atoms with Gasteiger partial charge in [0, 0.05) is 19.1 Å². The number of nitrogens with zero attached hydrogens (tertiary/aromatic N) is 4. The van der Waals surface area contributed by atoms with Crippen LogP contribution in [0, 0.1) is 6.92 Å². The van der Waals surface area contributed by atoms with Gasteiger partial charge in [0.1, 0.15) is 21.3 Å². The van der Waals surface area contributed by atoms with Crippen LogP contribution in [0.1, 0.15) is 67.0 Å². The van der Waals surface area contributed by atoms with Crippen molar-refractivity contribution in [2.75, 3.05) is 44.7 Å². The van der Waals surface area contributed by atoms with E-state index in [0.29, 0.717) is 37.7 Å². The van der Waals surface area contributed by atoms with Gasteiger partial charge >= 0.3 is 12.1 Å². The Morgan fingerprint density at radius 1 is 1.03 bits per heavy atom. The van der Waals surface area contributed by atoms with E-state index in [0.717, 1.165) is 53.4 Å². The Kier molecular flexibility index (Phi) is 8.20. The number of aryl methyl sites for hydroxylation is 1. The van der Waals surface area contributed by atoms with Crippen LogP contribution in [0.4, 0.5) is 10.6 Å². The van der Waals surface area contributed by atoms with E-state index < -0.39 is 0 Å². The number of carbonyl (C=O) groups is 2. The van der Waals surface area contributed by atoms with E-state index in [4.69, 9.17) is 19.4 Å². The molecular weight excluding hydrogens is 454 g/mol. The minimum atomic E-state index is -0.311. The van der Waals surface area contributed by atoms with E-state index in [9.17, 15) is 9.59 Å². The summed E-state index contributed by atoms with van der Waals surface area (Å²) in [5, 5.41) is 4.52. The molecule has 0 radical (unpaired) electrons. The number of hydrogen-bond acceptors (Lipinski definition) is 9. The van der Waals surface area contributed by atoms with Crippen molar-refractivity contribution in [3.05, 3.63) is 16.3 Å². The highest BCUT2D eigenvalue weighted by molar-refractivity contribution is 7.20. The number of piperidine rings is 2. The van der Waals surface area contributed by atoms with Gasteiger partial charge in [0.2, 0.25) is 0 Å². The second-order valence-corrected chi connectivity index (χ2v) is 9.89. The summed E-state index contributed by atoms with van der Waals surface area (Å²) in [6.45, 7) is 10.4. The predicted molar refractivity (Wildman–Crippen MR) is 132 cm³/mol. The van der Waals surface area contributed by atoms with Crippen molar-refractivity contribution in [2.24, 2.45) is 0 Å². The standard InChI is InChI=1S/C24H35N5O4S/c1-4-32-23(30)20-16(3)19-21(25-17-9-13-29(14-10-17)24(31)33-5-2)26-18(27-22(19)34-20)15-28-11-7-6-8-12-28/h17H,4-15H2,1-3H3,(H,25,26,27). The van der Waals surface area contributed by atoms with Crippen molar-refractivity contribution in [2.45, 2.75) is 65.5 Å². The van der Waals surface area contributed by atoms with Gasteiger partial charge in [-0.3, -0.25) is 4.90 Å². The van der Waals surface area contributed by atoms with Crippen molar-refractivity contribution in [3.8, 4) is 0 Å². The number of carbonyl (C=O) groups excluding carboxylic acids is 2. The monoisotopic (exact) mass is 489 g/mol. The normalized spacial score (nSPS) is 17.7. The van der Waals surface area contributed by atoms with E-state index in [-0.39, 0.29) is 18.1 Å². The van der Waals surface area contributed by atoms with E-state index >= 15 is 0 Å². The number of thiophene rings is 1. The van der Waals surface area contributed by atoms with Gasteiger partial charge in [0.05, 0.1) is 25.1 Å². The van der Waals surface area contributed by atoms with Crippen LogP contribution in [0.2, 0.25) is 0 Å². The molecule has 4 rings (SSSR count). The highest BCUT2D eigenvalue weighted by Gasteiger charge is 2.27. The molecule has 0 aromatic carbocycles. The largest absolute Gasteiger partial charge is 0.462 e.